The first-order chi connectivity index (χ1) is 8.22. The fourth-order valence-corrected chi connectivity index (χ4v) is 1.78. The Kier molecular flexibility index (Phi) is 3.30. The molecule has 1 heterocycles. The quantitative estimate of drug-likeness (QED) is 0.809. The molecular formula is C15H16N2. The van der Waals surface area contributed by atoms with Crippen LogP contribution in [-0.2, 0) is 0 Å². The van der Waals surface area contributed by atoms with Crippen molar-refractivity contribution < 1.29 is 0 Å². The van der Waals surface area contributed by atoms with Crippen molar-refractivity contribution in [3.63, 3.8) is 0 Å². The fraction of sp³-hybridized carbons (Fsp3) is 0.267. The van der Waals surface area contributed by atoms with E-state index in [-0.39, 0.29) is 6.04 Å². The molecule has 0 saturated carbocycles. The van der Waals surface area contributed by atoms with Crippen LogP contribution in [0.2, 0.25) is 0 Å². The second-order valence-corrected chi connectivity index (χ2v) is 4.41. The van der Waals surface area contributed by atoms with Gasteiger partial charge in [-0.25, -0.2) is 4.98 Å². The highest BCUT2D eigenvalue weighted by molar-refractivity contribution is 5.91. The van der Waals surface area contributed by atoms with Gasteiger partial charge in [-0.2, -0.15) is 0 Å². The summed E-state index contributed by atoms with van der Waals surface area (Å²) in [7, 11) is 0. The highest BCUT2D eigenvalue weighted by atomic mass is 15.0. The van der Waals surface area contributed by atoms with Crippen molar-refractivity contribution in [2.24, 2.45) is 5.92 Å². The van der Waals surface area contributed by atoms with E-state index in [0.717, 1.165) is 11.2 Å². The highest BCUT2D eigenvalue weighted by Gasteiger charge is 2.11. The van der Waals surface area contributed by atoms with E-state index in [2.05, 4.69) is 42.2 Å². The average Bonchev–Trinajstić information content (AvgIpc) is 2.35. The number of pyridine rings is 1. The number of hydrogen-bond donors (Lipinski definition) is 1. The second-order valence-electron chi connectivity index (χ2n) is 4.41. The van der Waals surface area contributed by atoms with Crippen molar-refractivity contribution in [2.75, 3.05) is 5.32 Å². The maximum absolute atomic E-state index is 5.53. The number of nitrogens with zero attached hydrogens (tertiary/aromatic N) is 1. The number of anilines is 1. The van der Waals surface area contributed by atoms with Gasteiger partial charge in [0.2, 0.25) is 0 Å². The predicted molar refractivity (Wildman–Crippen MR) is 72.8 cm³/mol. The van der Waals surface area contributed by atoms with E-state index in [1.165, 1.54) is 5.39 Å². The summed E-state index contributed by atoms with van der Waals surface area (Å²) in [5, 5.41) is 5.60. The summed E-state index contributed by atoms with van der Waals surface area (Å²) in [4.78, 5) is 4.37. The molecule has 1 aromatic carbocycles. The maximum Gasteiger partial charge on any atom is 0.134 e. The molecule has 0 aliphatic rings. The maximum atomic E-state index is 5.53. The lowest BCUT2D eigenvalue weighted by Crippen LogP contribution is -2.24. The molecule has 86 valence electrons. The lowest BCUT2D eigenvalue weighted by Gasteiger charge is -2.18. The Morgan fingerprint density at radius 3 is 2.71 bits per heavy atom. The van der Waals surface area contributed by atoms with Crippen LogP contribution in [-0.4, -0.2) is 11.0 Å². The third-order valence-corrected chi connectivity index (χ3v) is 2.81. The van der Waals surface area contributed by atoms with Crippen molar-refractivity contribution in [1.82, 2.24) is 4.98 Å². The van der Waals surface area contributed by atoms with Gasteiger partial charge >= 0.3 is 0 Å². The molecule has 1 atom stereocenters. The SMILES string of the molecule is C#CC(Nc1nccc2ccccc12)C(C)C. The number of benzene rings is 1. The van der Waals surface area contributed by atoms with Crippen LogP contribution in [0.5, 0.6) is 0 Å². The van der Waals surface area contributed by atoms with Crippen LogP contribution in [0.15, 0.2) is 36.5 Å². The number of rotatable bonds is 3. The second kappa shape index (κ2) is 4.88. The summed E-state index contributed by atoms with van der Waals surface area (Å²) in [6.45, 7) is 4.20. The lowest BCUT2D eigenvalue weighted by atomic mass is 10.0. The Balaban J connectivity index is 2.39. The minimum atomic E-state index is 0.00769. The van der Waals surface area contributed by atoms with E-state index in [4.69, 9.17) is 6.42 Å². The Bertz CT molecular complexity index is 547. The molecule has 0 amide bonds. The van der Waals surface area contributed by atoms with E-state index in [1.807, 2.05) is 18.2 Å². The van der Waals surface area contributed by atoms with E-state index < -0.39 is 0 Å². The zero-order chi connectivity index (χ0) is 12.3. The van der Waals surface area contributed by atoms with Gasteiger partial charge in [0, 0.05) is 11.6 Å². The fourth-order valence-electron chi connectivity index (χ4n) is 1.78. The predicted octanol–water partition coefficient (Wildman–Crippen LogP) is 3.30. The van der Waals surface area contributed by atoms with Gasteiger partial charge in [0.1, 0.15) is 5.82 Å². The third kappa shape index (κ3) is 2.39. The van der Waals surface area contributed by atoms with Crippen molar-refractivity contribution in [3.8, 4) is 12.3 Å². The van der Waals surface area contributed by atoms with Crippen molar-refractivity contribution in [3.05, 3.63) is 36.5 Å². The molecule has 0 bridgehead atoms. The van der Waals surface area contributed by atoms with Crippen LogP contribution in [0.1, 0.15) is 13.8 Å². The molecule has 1 aromatic heterocycles. The molecule has 2 aromatic rings. The van der Waals surface area contributed by atoms with Crippen LogP contribution in [0.3, 0.4) is 0 Å². The molecular weight excluding hydrogens is 208 g/mol. The summed E-state index contributed by atoms with van der Waals surface area (Å²) >= 11 is 0. The summed E-state index contributed by atoms with van der Waals surface area (Å²) in [5.74, 6) is 4.00. The summed E-state index contributed by atoms with van der Waals surface area (Å²) in [6.07, 6.45) is 7.33. The molecule has 2 nitrogen and oxygen atoms in total. The van der Waals surface area contributed by atoms with Gasteiger partial charge in [0.05, 0.1) is 6.04 Å². The molecule has 2 rings (SSSR count). The average molecular weight is 224 g/mol. The topological polar surface area (TPSA) is 24.9 Å². The molecule has 0 saturated heterocycles. The Morgan fingerprint density at radius 1 is 1.24 bits per heavy atom. The van der Waals surface area contributed by atoms with Crippen LogP contribution in [0.4, 0.5) is 5.82 Å². The normalized spacial score (nSPS) is 12.4. The number of terminal acetylenes is 1. The first-order valence-electron chi connectivity index (χ1n) is 5.79. The molecule has 1 unspecified atom stereocenters. The summed E-state index contributed by atoms with van der Waals surface area (Å²) < 4.78 is 0. The third-order valence-electron chi connectivity index (χ3n) is 2.81. The van der Waals surface area contributed by atoms with Crippen LogP contribution in [0.25, 0.3) is 10.8 Å². The Hall–Kier alpha value is -2.01. The van der Waals surface area contributed by atoms with Gasteiger partial charge in [-0.15, -0.1) is 6.42 Å². The minimum Gasteiger partial charge on any atom is -0.356 e. The van der Waals surface area contributed by atoms with E-state index in [9.17, 15) is 0 Å². The number of hydrogen-bond acceptors (Lipinski definition) is 2. The van der Waals surface area contributed by atoms with Gasteiger partial charge in [-0.3, -0.25) is 0 Å². The minimum absolute atomic E-state index is 0.00769. The van der Waals surface area contributed by atoms with Crippen LogP contribution < -0.4 is 5.32 Å². The van der Waals surface area contributed by atoms with E-state index in [1.54, 1.807) is 6.20 Å². The molecule has 17 heavy (non-hydrogen) atoms. The summed E-state index contributed by atoms with van der Waals surface area (Å²) in [6, 6.07) is 10.2. The monoisotopic (exact) mass is 224 g/mol. The lowest BCUT2D eigenvalue weighted by molar-refractivity contribution is 0.613. The van der Waals surface area contributed by atoms with Gasteiger partial charge in [-0.05, 0) is 17.4 Å². The molecule has 1 N–H and O–H groups in total. The van der Waals surface area contributed by atoms with Crippen molar-refractivity contribution in [2.45, 2.75) is 19.9 Å². The summed E-state index contributed by atoms with van der Waals surface area (Å²) in [5.41, 5.74) is 0. The van der Waals surface area contributed by atoms with E-state index >= 15 is 0 Å². The molecule has 0 spiro atoms. The van der Waals surface area contributed by atoms with Gasteiger partial charge in [0.25, 0.3) is 0 Å². The van der Waals surface area contributed by atoms with Gasteiger partial charge in [0.15, 0.2) is 0 Å². The first-order valence-corrected chi connectivity index (χ1v) is 5.79. The Morgan fingerprint density at radius 2 is 2.00 bits per heavy atom. The van der Waals surface area contributed by atoms with Crippen molar-refractivity contribution in [1.29, 1.82) is 0 Å². The molecule has 0 radical (unpaired) electrons. The van der Waals surface area contributed by atoms with Gasteiger partial charge in [-0.1, -0.05) is 44.0 Å². The number of fused-ring (bicyclic) bond motifs is 1. The highest BCUT2D eigenvalue weighted by Crippen LogP contribution is 2.21. The zero-order valence-electron chi connectivity index (χ0n) is 10.1. The van der Waals surface area contributed by atoms with Gasteiger partial charge < -0.3 is 5.32 Å². The van der Waals surface area contributed by atoms with Crippen molar-refractivity contribution >= 4 is 16.6 Å². The largest absolute Gasteiger partial charge is 0.356 e. The van der Waals surface area contributed by atoms with Crippen LogP contribution in [0, 0.1) is 18.3 Å². The zero-order valence-corrected chi connectivity index (χ0v) is 10.1. The molecule has 0 aliphatic carbocycles. The smallest absolute Gasteiger partial charge is 0.134 e. The molecule has 0 aliphatic heterocycles. The Labute approximate surface area is 102 Å². The standard InChI is InChI=1S/C15H16N2/c1-4-14(11(2)3)17-15-13-8-6-5-7-12(13)9-10-16-15/h1,5-11,14H,2-3H3,(H,16,17). The van der Waals surface area contributed by atoms with E-state index in [0.29, 0.717) is 5.92 Å². The number of nitrogens with one attached hydrogen (secondary N) is 1. The van der Waals surface area contributed by atoms with Crippen LogP contribution >= 0.6 is 0 Å². The molecule has 2 heteroatoms. The first kappa shape index (κ1) is 11.5. The molecule has 0 fully saturated rings. The number of aromatic nitrogens is 1.